The fraction of sp³-hybridized carbons (Fsp3) is 0.474. The van der Waals surface area contributed by atoms with Gasteiger partial charge in [0.15, 0.2) is 0 Å². The molecular weight excluding hydrogens is 366 g/mol. The van der Waals surface area contributed by atoms with Gasteiger partial charge in [-0.05, 0) is 63.3 Å². The molecule has 7 nitrogen and oxygen atoms in total. The molecule has 1 aliphatic heterocycles. The molecule has 1 unspecified atom stereocenters. The van der Waals surface area contributed by atoms with Crippen LogP contribution in [0.15, 0.2) is 33.7 Å². The standard InChI is InChI=1S/C19H23N3O4S/c1-13-5-2-3-12-22(13)27(24,25)15-10-8-14(9-11-15)18(23)20-19-16-6-4-7-17(16)21-26-19/h8-11,13H,2-7,12H2,1H3,(H,20,23). The van der Waals surface area contributed by atoms with Gasteiger partial charge in [-0.25, -0.2) is 8.42 Å². The van der Waals surface area contributed by atoms with Gasteiger partial charge in [0.1, 0.15) is 0 Å². The molecule has 1 N–H and O–H groups in total. The summed E-state index contributed by atoms with van der Waals surface area (Å²) in [6.07, 6.45) is 5.54. The Hall–Kier alpha value is -2.19. The number of aryl methyl sites for hydroxylation is 1. The second kappa shape index (κ2) is 7.09. The first-order chi connectivity index (χ1) is 13.0. The Morgan fingerprint density at radius 1 is 1.19 bits per heavy atom. The van der Waals surface area contributed by atoms with Gasteiger partial charge in [0, 0.05) is 23.7 Å². The van der Waals surface area contributed by atoms with Crippen molar-refractivity contribution in [2.45, 2.75) is 56.4 Å². The fourth-order valence-electron chi connectivity index (χ4n) is 3.85. The molecule has 0 saturated carbocycles. The second-order valence-corrected chi connectivity index (χ2v) is 9.12. The second-order valence-electron chi connectivity index (χ2n) is 7.23. The molecule has 1 fully saturated rings. The van der Waals surface area contributed by atoms with Crippen molar-refractivity contribution >= 4 is 21.8 Å². The first kappa shape index (κ1) is 18.2. The monoisotopic (exact) mass is 389 g/mol. The molecule has 2 aliphatic rings. The normalized spacial score (nSPS) is 20.4. The average Bonchev–Trinajstić information content (AvgIpc) is 3.27. The summed E-state index contributed by atoms with van der Waals surface area (Å²) in [6.45, 7) is 2.48. The minimum absolute atomic E-state index is 0.000253. The third-order valence-corrected chi connectivity index (χ3v) is 7.43. The summed E-state index contributed by atoms with van der Waals surface area (Å²) < 4.78 is 32.5. The molecule has 1 atom stereocenters. The third-order valence-electron chi connectivity index (χ3n) is 5.40. The quantitative estimate of drug-likeness (QED) is 0.868. The van der Waals surface area contributed by atoms with Crippen LogP contribution in [0, 0.1) is 0 Å². The van der Waals surface area contributed by atoms with Crippen LogP contribution in [-0.2, 0) is 22.9 Å². The van der Waals surface area contributed by atoms with E-state index in [1.807, 2.05) is 6.92 Å². The lowest BCUT2D eigenvalue weighted by atomic mass is 10.1. The maximum Gasteiger partial charge on any atom is 0.258 e. The van der Waals surface area contributed by atoms with Crippen molar-refractivity contribution in [1.82, 2.24) is 9.46 Å². The molecule has 1 saturated heterocycles. The highest BCUT2D eigenvalue weighted by Gasteiger charge is 2.31. The van der Waals surface area contributed by atoms with E-state index in [1.54, 1.807) is 4.31 Å². The van der Waals surface area contributed by atoms with Crippen molar-refractivity contribution in [3.05, 3.63) is 41.1 Å². The van der Waals surface area contributed by atoms with Crippen LogP contribution in [0.2, 0.25) is 0 Å². The number of hydrogen-bond donors (Lipinski definition) is 1. The highest BCUT2D eigenvalue weighted by atomic mass is 32.2. The number of nitrogens with zero attached hydrogens (tertiary/aromatic N) is 2. The van der Waals surface area contributed by atoms with E-state index < -0.39 is 10.0 Å². The number of aromatic nitrogens is 1. The first-order valence-electron chi connectivity index (χ1n) is 9.37. The van der Waals surface area contributed by atoms with Crippen LogP contribution in [0.1, 0.15) is 54.2 Å². The zero-order valence-electron chi connectivity index (χ0n) is 15.3. The zero-order chi connectivity index (χ0) is 19.0. The third kappa shape index (κ3) is 3.39. The number of sulfonamides is 1. The molecule has 0 spiro atoms. The number of amides is 1. The molecule has 0 bridgehead atoms. The Kier molecular flexibility index (Phi) is 4.77. The smallest absolute Gasteiger partial charge is 0.258 e. The predicted octanol–water partition coefficient (Wildman–Crippen LogP) is 2.98. The van der Waals surface area contributed by atoms with Crippen LogP contribution >= 0.6 is 0 Å². The maximum atomic E-state index is 12.9. The summed E-state index contributed by atoms with van der Waals surface area (Å²) in [5, 5.41) is 6.71. The molecule has 1 amide bonds. The van der Waals surface area contributed by atoms with E-state index in [1.165, 1.54) is 24.3 Å². The number of hydrogen-bond acceptors (Lipinski definition) is 5. The Morgan fingerprint density at radius 2 is 1.96 bits per heavy atom. The predicted molar refractivity (Wildman–Crippen MR) is 100 cm³/mol. The van der Waals surface area contributed by atoms with Gasteiger partial charge in [-0.15, -0.1) is 0 Å². The van der Waals surface area contributed by atoms with Crippen LogP contribution in [0.25, 0.3) is 0 Å². The van der Waals surface area contributed by atoms with E-state index in [-0.39, 0.29) is 16.8 Å². The van der Waals surface area contributed by atoms with Crippen LogP contribution in [-0.4, -0.2) is 36.4 Å². The van der Waals surface area contributed by atoms with E-state index in [2.05, 4.69) is 10.5 Å². The van der Waals surface area contributed by atoms with Crippen LogP contribution in [0.5, 0.6) is 0 Å². The van der Waals surface area contributed by atoms with Gasteiger partial charge in [-0.1, -0.05) is 11.6 Å². The first-order valence-corrected chi connectivity index (χ1v) is 10.8. The SMILES string of the molecule is CC1CCCCN1S(=O)(=O)c1ccc(C(=O)Nc2onc3c2CCC3)cc1. The minimum Gasteiger partial charge on any atom is -0.338 e. The van der Waals surface area contributed by atoms with E-state index in [4.69, 9.17) is 4.52 Å². The summed E-state index contributed by atoms with van der Waals surface area (Å²) in [7, 11) is -3.54. The Balaban J connectivity index is 1.50. The molecular formula is C19H23N3O4S. The topological polar surface area (TPSA) is 92.5 Å². The number of fused-ring (bicyclic) bond motifs is 1. The summed E-state index contributed by atoms with van der Waals surface area (Å²) in [5.74, 6) is 0.0579. The highest BCUT2D eigenvalue weighted by Crippen LogP contribution is 2.29. The lowest BCUT2D eigenvalue weighted by molar-refractivity contribution is 0.102. The lowest BCUT2D eigenvalue weighted by Crippen LogP contribution is -2.41. The number of carbonyl (C=O) groups excluding carboxylic acids is 1. The number of rotatable bonds is 4. The number of benzene rings is 1. The lowest BCUT2D eigenvalue weighted by Gasteiger charge is -2.32. The molecule has 2 heterocycles. The Bertz CT molecular complexity index is 950. The molecule has 1 aromatic carbocycles. The van der Waals surface area contributed by atoms with Gasteiger partial charge < -0.3 is 4.52 Å². The van der Waals surface area contributed by atoms with E-state index >= 15 is 0 Å². The average molecular weight is 389 g/mol. The van der Waals surface area contributed by atoms with Crippen LogP contribution in [0.3, 0.4) is 0 Å². The van der Waals surface area contributed by atoms with Crippen molar-refractivity contribution in [2.24, 2.45) is 0 Å². The molecule has 4 rings (SSSR count). The van der Waals surface area contributed by atoms with Crippen LogP contribution < -0.4 is 5.32 Å². The largest absolute Gasteiger partial charge is 0.338 e. The Morgan fingerprint density at radius 3 is 2.70 bits per heavy atom. The van der Waals surface area contributed by atoms with Gasteiger partial charge in [-0.2, -0.15) is 4.31 Å². The van der Waals surface area contributed by atoms with Crippen molar-refractivity contribution < 1.29 is 17.7 Å². The van der Waals surface area contributed by atoms with Gasteiger partial charge in [0.2, 0.25) is 15.9 Å². The van der Waals surface area contributed by atoms with Crippen molar-refractivity contribution in [2.75, 3.05) is 11.9 Å². The summed E-state index contributed by atoms with van der Waals surface area (Å²) in [4.78, 5) is 12.7. The van der Waals surface area contributed by atoms with Crippen molar-refractivity contribution in [3.63, 3.8) is 0 Å². The number of nitrogens with one attached hydrogen (secondary N) is 1. The number of anilines is 1. The summed E-state index contributed by atoms with van der Waals surface area (Å²) >= 11 is 0. The van der Waals surface area contributed by atoms with Crippen LogP contribution in [0.4, 0.5) is 5.88 Å². The molecule has 27 heavy (non-hydrogen) atoms. The number of carbonyl (C=O) groups is 1. The Labute approximate surface area is 158 Å². The van der Waals surface area contributed by atoms with Gasteiger partial charge in [0.25, 0.3) is 5.91 Å². The van der Waals surface area contributed by atoms with Gasteiger partial charge >= 0.3 is 0 Å². The highest BCUT2D eigenvalue weighted by molar-refractivity contribution is 7.89. The van der Waals surface area contributed by atoms with Gasteiger partial charge in [0.05, 0.1) is 10.6 Å². The van der Waals surface area contributed by atoms with Gasteiger partial charge in [-0.3, -0.25) is 10.1 Å². The van der Waals surface area contributed by atoms with E-state index in [0.29, 0.717) is 18.0 Å². The zero-order valence-corrected chi connectivity index (χ0v) is 16.1. The fourth-order valence-corrected chi connectivity index (χ4v) is 5.54. The van der Waals surface area contributed by atoms with Crippen molar-refractivity contribution in [3.8, 4) is 0 Å². The summed E-state index contributed by atoms with van der Waals surface area (Å²) in [6, 6.07) is 6.06. The molecule has 144 valence electrons. The number of piperidine rings is 1. The molecule has 0 radical (unpaired) electrons. The molecule has 8 heteroatoms. The molecule has 2 aromatic rings. The maximum absolute atomic E-state index is 12.9. The summed E-state index contributed by atoms with van der Waals surface area (Å²) in [5.41, 5.74) is 2.24. The minimum atomic E-state index is -3.54. The van der Waals surface area contributed by atoms with E-state index in [9.17, 15) is 13.2 Å². The molecule has 1 aromatic heterocycles. The molecule has 1 aliphatic carbocycles. The van der Waals surface area contributed by atoms with E-state index in [0.717, 1.165) is 49.8 Å². The van der Waals surface area contributed by atoms with Crippen molar-refractivity contribution in [1.29, 1.82) is 0 Å².